The quantitative estimate of drug-likeness (QED) is 0.552. The predicted octanol–water partition coefficient (Wildman–Crippen LogP) is 1.67. The zero-order valence-electron chi connectivity index (χ0n) is 14.9. The Kier molecular flexibility index (Phi) is 4.66. The van der Waals surface area contributed by atoms with Crippen molar-refractivity contribution in [3.8, 4) is 0 Å². The van der Waals surface area contributed by atoms with E-state index >= 15 is 0 Å². The summed E-state index contributed by atoms with van der Waals surface area (Å²) in [6, 6.07) is 9.08. The van der Waals surface area contributed by atoms with Gasteiger partial charge in [0.05, 0.1) is 18.9 Å². The van der Waals surface area contributed by atoms with E-state index in [9.17, 15) is 9.59 Å². The highest BCUT2D eigenvalue weighted by molar-refractivity contribution is 6.30. The number of carbonyl (C=O) groups is 1. The molecule has 1 N–H and O–H groups in total. The van der Waals surface area contributed by atoms with Crippen molar-refractivity contribution >= 4 is 34.4 Å². The van der Waals surface area contributed by atoms with Crippen LogP contribution < -0.4 is 10.9 Å². The molecule has 0 saturated carbocycles. The molecule has 1 amide bonds. The molecule has 0 aliphatic carbocycles. The third-order valence-corrected chi connectivity index (χ3v) is 4.51. The Balaban J connectivity index is 1.49. The number of nitrogens with zero attached hydrogens (tertiary/aromatic N) is 6. The second-order valence-electron chi connectivity index (χ2n) is 6.23. The molecule has 9 nitrogen and oxygen atoms in total. The van der Waals surface area contributed by atoms with E-state index in [2.05, 4.69) is 20.5 Å². The fourth-order valence-corrected chi connectivity index (χ4v) is 2.97. The summed E-state index contributed by atoms with van der Waals surface area (Å²) >= 11 is 5.90. The summed E-state index contributed by atoms with van der Waals surface area (Å²) in [5.74, 6) is 0.174. The monoisotopic (exact) mass is 397 g/mol. The number of fused-ring (bicyclic) bond motifs is 1. The van der Waals surface area contributed by atoms with Gasteiger partial charge in [-0.3, -0.25) is 18.8 Å². The number of amides is 1. The van der Waals surface area contributed by atoms with Gasteiger partial charge in [0.25, 0.3) is 5.56 Å². The molecule has 10 heteroatoms. The van der Waals surface area contributed by atoms with Gasteiger partial charge in [-0.15, -0.1) is 0 Å². The number of halogens is 1. The first-order valence-corrected chi connectivity index (χ1v) is 8.82. The number of carbonyl (C=O) groups excluding carboxylic acids is 1. The average molecular weight is 398 g/mol. The molecular weight excluding hydrogens is 382 g/mol. The molecule has 0 saturated heterocycles. The number of hydrogen-bond donors (Lipinski definition) is 1. The summed E-state index contributed by atoms with van der Waals surface area (Å²) < 4.78 is 4.42. The van der Waals surface area contributed by atoms with E-state index in [1.165, 1.54) is 21.8 Å². The lowest BCUT2D eigenvalue weighted by atomic mass is 10.2. The summed E-state index contributed by atoms with van der Waals surface area (Å²) in [4.78, 5) is 29.1. The van der Waals surface area contributed by atoms with Gasteiger partial charge < -0.3 is 5.32 Å². The number of aromatic nitrogens is 6. The number of aryl methyl sites for hydroxylation is 1. The zero-order valence-corrected chi connectivity index (χ0v) is 15.7. The lowest BCUT2D eigenvalue weighted by Gasteiger charge is -2.10. The van der Waals surface area contributed by atoms with Crippen molar-refractivity contribution in [3.05, 3.63) is 70.0 Å². The highest BCUT2D eigenvalue weighted by Crippen LogP contribution is 2.13. The molecule has 1 aromatic carbocycles. The average Bonchev–Trinajstić information content (AvgIpc) is 3.26. The van der Waals surface area contributed by atoms with Gasteiger partial charge >= 0.3 is 0 Å². The fraction of sp³-hybridized carbons (Fsp3) is 0.167. The standard InChI is InChI=1S/C18H16ClN7O2/c1-24-17-14(8-22-24)18(28)25(11-20-17)10-16(27)23-15-6-7-21-26(15)9-12-2-4-13(19)5-3-12/h2-8,11H,9-10H2,1H3,(H,23,27). The van der Waals surface area contributed by atoms with Crippen molar-refractivity contribution in [2.75, 3.05) is 5.32 Å². The van der Waals surface area contributed by atoms with E-state index in [4.69, 9.17) is 11.6 Å². The normalized spacial score (nSPS) is 11.1. The van der Waals surface area contributed by atoms with E-state index in [1.54, 1.807) is 36.1 Å². The van der Waals surface area contributed by atoms with Crippen LogP contribution in [0.1, 0.15) is 5.56 Å². The van der Waals surface area contributed by atoms with Gasteiger partial charge in [0.2, 0.25) is 5.91 Å². The summed E-state index contributed by atoms with van der Waals surface area (Å²) in [6.45, 7) is 0.311. The minimum atomic E-state index is -0.356. The Morgan fingerprint density at radius 1 is 1.18 bits per heavy atom. The molecule has 4 aromatic rings. The summed E-state index contributed by atoms with van der Waals surface area (Å²) in [7, 11) is 1.70. The van der Waals surface area contributed by atoms with Crippen LogP contribution in [0.15, 0.2) is 53.8 Å². The minimum absolute atomic E-state index is 0.164. The van der Waals surface area contributed by atoms with Crippen molar-refractivity contribution in [2.24, 2.45) is 7.05 Å². The van der Waals surface area contributed by atoms with E-state index in [1.807, 2.05) is 12.1 Å². The summed E-state index contributed by atoms with van der Waals surface area (Å²) in [6.07, 6.45) is 4.39. The van der Waals surface area contributed by atoms with Crippen LogP contribution in [0.4, 0.5) is 5.82 Å². The van der Waals surface area contributed by atoms with Gasteiger partial charge in [-0.1, -0.05) is 23.7 Å². The first-order valence-electron chi connectivity index (χ1n) is 8.44. The summed E-state index contributed by atoms with van der Waals surface area (Å²) in [5, 5.41) is 12.0. The zero-order chi connectivity index (χ0) is 19.7. The molecular formula is C18H16ClN7O2. The molecule has 0 spiro atoms. The number of nitrogens with one attached hydrogen (secondary N) is 1. The lowest BCUT2D eigenvalue weighted by molar-refractivity contribution is -0.116. The Morgan fingerprint density at radius 2 is 1.96 bits per heavy atom. The van der Waals surface area contributed by atoms with E-state index < -0.39 is 0 Å². The first-order chi connectivity index (χ1) is 13.5. The smallest absolute Gasteiger partial charge is 0.264 e. The molecule has 4 rings (SSSR count). The number of anilines is 1. The van der Waals surface area contributed by atoms with E-state index in [0.717, 1.165) is 5.56 Å². The van der Waals surface area contributed by atoms with Crippen LogP contribution in [0.5, 0.6) is 0 Å². The predicted molar refractivity (Wildman–Crippen MR) is 104 cm³/mol. The Morgan fingerprint density at radius 3 is 2.75 bits per heavy atom. The van der Waals surface area contributed by atoms with E-state index in [0.29, 0.717) is 28.4 Å². The van der Waals surface area contributed by atoms with E-state index in [-0.39, 0.29) is 18.0 Å². The van der Waals surface area contributed by atoms with Crippen LogP contribution in [0, 0.1) is 0 Å². The van der Waals surface area contributed by atoms with Crippen LogP contribution in [0.2, 0.25) is 5.02 Å². The first kappa shape index (κ1) is 17.9. The van der Waals surface area contributed by atoms with Gasteiger partial charge in [-0.05, 0) is 17.7 Å². The van der Waals surface area contributed by atoms with Crippen molar-refractivity contribution in [1.82, 2.24) is 29.1 Å². The Bertz CT molecular complexity index is 1210. The maximum absolute atomic E-state index is 12.5. The lowest BCUT2D eigenvalue weighted by Crippen LogP contribution is -2.28. The Labute approximate surface area is 164 Å². The van der Waals surface area contributed by atoms with Gasteiger partial charge in [-0.2, -0.15) is 10.2 Å². The highest BCUT2D eigenvalue weighted by Gasteiger charge is 2.12. The molecule has 3 aromatic heterocycles. The maximum atomic E-state index is 12.5. The maximum Gasteiger partial charge on any atom is 0.264 e. The van der Waals surface area contributed by atoms with Gasteiger partial charge in [-0.25, -0.2) is 9.67 Å². The third-order valence-electron chi connectivity index (χ3n) is 4.26. The van der Waals surface area contributed by atoms with Gasteiger partial charge in [0, 0.05) is 18.1 Å². The third kappa shape index (κ3) is 3.52. The van der Waals surface area contributed by atoms with Crippen molar-refractivity contribution in [1.29, 1.82) is 0 Å². The number of hydrogen-bond acceptors (Lipinski definition) is 5. The van der Waals surface area contributed by atoms with Crippen molar-refractivity contribution in [3.63, 3.8) is 0 Å². The molecule has 0 radical (unpaired) electrons. The van der Waals surface area contributed by atoms with Gasteiger partial charge in [0.1, 0.15) is 24.1 Å². The molecule has 142 valence electrons. The topological polar surface area (TPSA) is 99.6 Å². The SMILES string of the molecule is Cn1ncc2c(=O)n(CC(=O)Nc3ccnn3Cc3ccc(Cl)cc3)cnc21. The van der Waals surface area contributed by atoms with Crippen molar-refractivity contribution in [2.45, 2.75) is 13.1 Å². The van der Waals surface area contributed by atoms with Crippen LogP contribution in [-0.4, -0.2) is 35.0 Å². The van der Waals surface area contributed by atoms with Crippen LogP contribution >= 0.6 is 11.6 Å². The van der Waals surface area contributed by atoms with Gasteiger partial charge in [0.15, 0.2) is 5.65 Å². The summed E-state index contributed by atoms with van der Waals surface area (Å²) in [5.41, 5.74) is 1.15. The Hall–Kier alpha value is -3.46. The largest absolute Gasteiger partial charge is 0.309 e. The minimum Gasteiger partial charge on any atom is -0.309 e. The molecule has 0 aliphatic rings. The molecule has 0 unspecified atom stereocenters. The molecule has 0 atom stereocenters. The molecule has 3 heterocycles. The molecule has 0 fully saturated rings. The van der Waals surface area contributed by atoms with Crippen LogP contribution in [0.25, 0.3) is 11.0 Å². The highest BCUT2D eigenvalue weighted by atomic mass is 35.5. The number of rotatable bonds is 5. The fourth-order valence-electron chi connectivity index (χ4n) is 2.84. The molecule has 0 bridgehead atoms. The van der Waals surface area contributed by atoms with Crippen LogP contribution in [0.3, 0.4) is 0 Å². The van der Waals surface area contributed by atoms with Crippen LogP contribution in [-0.2, 0) is 24.9 Å². The van der Waals surface area contributed by atoms with Crippen molar-refractivity contribution < 1.29 is 4.79 Å². The number of benzene rings is 1. The second-order valence-corrected chi connectivity index (χ2v) is 6.67. The molecule has 0 aliphatic heterocycles. The second kappa shape index (κ2) is 7.28. The molecule has 28 heavy (non-hydrogen) atoms.